The smallest absolute Gasteiger partial charge is 0.276 e. The van der Waals surface area contributed by atoms with Gasteiger partial charge in [-0.1, -0.05) is 42.5 Å². The second kappa shape index (κ2) is 11.1. The average Bonchev–Trinajstić information content (AvgIpc) is 3.22. The summed E-state index contributed by atoms with van der Waals surface area (Å²) < 4.78 is 5.55. The lowest BCUT2D eigenvalue weighted by Crippen LogP contribution is -2.45. The van der Waals surface area contributed by atoms with Crippen molar-refractivity contribution in [2.75, 3.05) is 45.9 Å². The highest BCUT2D eigenvalue weighted by molar-refractivity contribution is 5.92. The Bertz CT molecular complexity index is 811. The highest BCUT2D eigenvalue weighted by Crippen LogP contribution is 2.12. The van der Waals surface area contributed by atoms with Crippen LogP contribution in [-0.4, -0.2) is 82.6 Å². The molecule has 1 saturated heterocycles. The summed E-state index contributed by atoms with van der Waals surface area (Å²) in [5.41, 5.74) is 1.53. The Hall–Kier alpha value is -2.48. The van der Waals surface area contributed by atoms with Crippen molar-refractivity contribution in [3.05, 3.63) is 59.8 Å². The van der Waals surface area contributed by atoms with Crippen molar-refractivity contribution >= 4 is 12.0 Å². The van der Waals surface area contributed by atoms with Gasteiger partial charge in [0.25, 0.3) is 5.91 Å². The van der Waals surface area contributed by atoms with E-state index in [1.165, 1.54) is 11.8 Å². The summed E-state index contributed by atoms with van der Waals surface area (Å²) >= 11 is 0. The van der Waals surface area contributed by atoms with Crippen molar-refractivity contribution in [1.82, 2.24) is 19.7 Å². The van der Waals surface area contributed by atoms with Crippen molar-refractivity contribution in [3.8, 4) is 0 Å². The normalized spacial score (nSPS) is 15.9. The first-order chi connectivity index (χ1) is 14.6. The van der Waals surface area contributed by atoms with Gasteiger partial charge in [-0.3, -0.25) is 14.6 Å². The number of aromatic nitrogens is 1. The van der Waals surface area contributed by atoms with Gasteiger partial charge in [0.1, 0.15) is 6.26 Å². The van der Waals surface area contributed by atoms with Gasteiger partial charge in [0.2, 0.25) is 5.89 Å². The number of hydrogen-bond donors (Lipinski definition) is 1. The van der Waals surface area contributed by atoms with Gasteiger partial charge in [-0.15, -0.1) is 0 Å². The highest BCUT2D eigenvalue weighted by Gasteiger charge is 2.23. The van der Waals surface area contributed by atoms with Crippen LogP contribution in [0.4, 0.5) is 0 Å². The number of rotatable bonds is 9. The van der Waals surface area contributed by atoms with Gasteiger partial charge in [-0.2, -0.15) is 0 Å². The Morgan fingerprint density at radius 3 is 2.57 bits per heavy atom. The SMILES string of the molecule is CC(C)N(CCO)C(=O)c1coc(CN2CCN(CC=Cc3ccccc3)CC2)n1. The van der Waals surface area contributed by atoms with Crippen LogP contribution < -0.4 is 0 Å². The first-order valence-electron chi connectivity index (χ1n) is 10.6. The van der Waals surface area contributed by atoms with Gasteiger partial charge in [0.05, 0.1) is 13.2 Å². The summed E-state index contributed by atoms with van der Waals surface area (Å²) in [5.74, 6) is 0.354. The second-order valence-corrected chi connectivity index (χ2v) is 7.83. The van der Waals surface area contributed by atoms with Crippen molar-refractivity contribution in [1.29, 1.82) is 0 Å². The minimum absolute atomic E-state index is 0.00572. The zero-order chi connectivity index (χ0) is 21.3. The molecule has 7 nitrogen and oxygen atoms in total. The van der Waals surface area contributed by atoms with Crippen LogP contribution in [0.5, 0.6) is 0 Å². The summed E-state index contributed by atoms with van der Waals surface area (Å²) in [6.45, 7) is 9.46. The number of nitrogens with zero attached hydrogens (tertiary/aromatic N) is 4. The molecular weight excluding hydrogens is 380 g/mol. The lowest BCUT2D eigenvalue weighted by atomic mass is 10.2. The van der Waals surface area contributed by atoms with Crippen molar-refractivity contribution in [3.63, 3.8) is 0 Å². The van der Waals surface area contributed by atoms with E-state index >= 15 is 0 Å². The molecule has 1 aromatic heterocycles. The van der Waals surface area contributed by atoms with Gasteiger partial charge < -0.3 is 14.4 Å². The molecule has 1 aliphatic rings. The Kier molecular flexibility index (Phi) is 8.19. The summed E-state index contributed by atoms with van der Waals surface area (Å²) in [5, 5.41) is 9.18. The van der Waals surface area contributed by atoms with Crippen molar-refractivity contribution in [2.24, 2.45) is 0 Å². The van der Waals surface area contributed by atoms with E-state index in [1.807, 2.05) is 32.0 Å². The molecular formula is C23H32N4O3. The fourth-order valence-corrected chi connectivity index (χ4v) is 3.55. The van der Waals surface area contributed by atoms with E-state index in [1.54, 1.807) is 4.90 Å². The number of aliphatic hydroxyl groups is 1. The molecule has 0 unspecified atom stereocenters. The molecule has 1 amide bonds. The van der Waals surface area contributed by atoms with E-state index in [0.29, 0.717) is 24.7 Å². The maximum Gasteiger partial charge on any atom is 0.276 e. The van der Waals surface area contributed by atoms with Crippen molar-refractivity contribution in [2.45, 2.75) is 26.4 Å². The van der Waals surface area contributed by atoms with Crippen LogP contribution in [0.15, 0.2) is 47.1 Å². The largest absolute Gasteiger partial charge is 0.447 e. The minimum Gasteiger partial charge on any atom is -0.447 e. The predicted molar refractivity (Wildman–Crippen MR) is 117 cm³/mol. The maximum absolute atomic E-state index is 12.6. The number of oxazole rings is 1. The van der Waals surface area contributed by atoms with E-state index in [0.717, 1.165) is 32.7 Å². The third kappa shape index (κ3) is 6.26. The molecule has 1 N–H and O–H groups in total. The van der Waals surface area contributed by atoms with Crippen LogP contribution in [-0.2, 0) is 6.54 Å². The van der Waals surface area contributed by atoms with Gasteiger partial charge >= 0.3 is 0 Å². The highest BCUT2D eigenvalue weighted by atomic mass is 16.3. The molecule has 2 heterocycles. The number of amides is 1. The zero-order valence-corrected chi connectivity index (χ0v) is 17.9. The average molecular weight is 413 g/mol. The first kappa shape index (κ1) is 22.2. The lowest BCUT2D eigenvalue weighted by Gasteiger charge is -2.33. The summed E-state index contributed by atoms with van der Waals surface area (Å²) in [6.07, 6.45) is 5.80. The Labute approximate surface area is 178 Å². The van der Waals surface area contributed by atoms with Crippen LogP contribution >= 0.6 is 0 Å². The number of carbonyl (C=O) groups is 1. The van der Waals surface area contributed by atoms with E-state index in [4.69, 9.17) is 4.42 Å². The maximum atomic E-state index is 12.6. The molecule has 0 radical (unpaired) electrons. The summed E-state index contributed by atoms with van der Waals surface area (Å²) in [7, 11) is 0. The fourth-order valence-electron chi connectivity index (χ4n) is 3.55. The van der Waals surface area contributed by atoms with Crippen LogP contribution in [0.25, 0.3) is 6.08 Å². The fraction of sp³-hybridized carbons (Fsp3) is 0.478. The predicted octanol–water partition coefficient (Wildman–Crippen LogP) is 2.35. The van der Waals surface area contributed by atoms with E-state index in [9.17, 15) is 9.90 Å². The minimum atomic E-state index is -0.205. The third-order valence-corrected chi connectivity index (χ3v) is 5.29. The molecule has 0 aliphatic carbocycles. The van der Waals surface area contributed by atoms with E-state index < -0.39 is 0 Å². The second-order valence-electron chi connectivity index (χ2n) is 7.83. The molecule has 162 valence electrons. The monoisotopic (exact) mass is 412 g/mol. The zero-order valence-electron chi connectivity index (χ0n) is 17.9. The molecule has 0 bridgehead atoms. The number of carbonyl (C=O) groups excluding carboxylic acids is 1. The van der Waals surface area contributed by atoms with Crippen LogP contribution in [0, 0.1) is 0 Å². The van der Waals surface area contributed by atoms with Crippen LogP contribution in [0.3, 0.4) is 0 Å². The first-order valence-corrected chi connectivity index (χ1v) is 10.6. The summed E-state index contributed by atoms with van der Waals surface area (Å²) in [6, 6.07) is 10.3. The van der Waals surface area contributed by atoms with Gasteiger partial charge in [0.15, 0.2) is 5.69 Å². The number of piperazine rings is 1. The van der Waals surface area contributed by atoms with Crippen LogP contribution in [0.1, 0.15) is 35.8 Å². The molecule has 1 aliphatic heterocycles. The van der Waals surface area contributed by atoms with Gasteiger partial charge in [-0.25, -0.2) is 4.98 Å². The molecule has 1 fully saturated rings. The molecule has 30 heavy (non-hydrogen) atoms. The molecule has 0 spiro atoms. The van der Waals surface area contributed by atoms with Crippen LogP contribution in [0.2, 0.25) is 0 Å². The molecule has 3 rings (SSSR count). The lowest BCUT2D eigenvalue weighted by molar-refractivity contribution is 0.0659. The molecule has 0 saturated carbocycles. The van der Waals surface area contributed by atoms with Gasteiger partial charge in [0, 0.05) is 45.3 Å². The standard InChI is InChI=1S/C23H32N4O3/c1-19(2)27(15-16-28)23(29)21-18-30-22(24-21)17-26-13-11-25(12-14-26)10-6-9-20-7-4-3-5-8-20/h3-9,18-19,28H,10-17H2,1-2H3. The molecule has 7 heteroatoms. The summed E-state index contributed by atoms with van der Waals surface area (Å²) in [4.78, 5) is 23.3. The molecule has 1 aromatic carbocycles. The quantitative estimate of drug-likeness (QED) is 0.682. The third-order valence-electron chi connectivity index (χ3n) is 5.29. The topological polar surface area (TPSA) is 73.1 Å². The molecule has 2 aromatic rings. The molecule has 0 atom stereocenters. The Morgan fingerprint density at radius 1 is 1.20 bits per heavy atom. The van der Waals surface area contributed by atoms with Gasteiger partial charge in [-0.05, 0) is 19.4 Å². The van der Waals surface area contributed by atoms with Crippen molar-refractivity contribution < 1.29 is 14.3 Å². The van der Waals surface area contributed by atoms with E-state index in [2.05, 4.69) is 39.1 Å². The number of benzene rings is 1. The van der Waals surface area contributed by atoms with E-state index in [-0.39, 0.29) is 18.6 Å². The number of aliphatic hydroxyl groups excluding tert-OH is 1. The Morgan fingerprint density at radius 2 is 1.90 bits per heavy atom. The number of hydrogen-bond acceptors (Lipinski definition) is 6. The Balaban J connectivity index is 1.45.